The fraction of sp³-hybridized carbons (Fsp3) is 0.286. The molecule has 0 saturated heterocycles. The van der Waals surface area contributed by atoms with E-state index in [9.17, 15) is 23.3 Å². The summed E-state index contributed by atoms with van der Waals surface area (Å²) in [5.41, 5.74) is -1.04. The first-order valence-electron chi connectivity index (χ1n) is 3.94. The second kappa shape index (κ2) is 5.00. The summed E-state index contributed by atoms with van der Waals surface area (Å²) in [6, 6.07) is 0. The molecule has 1 rings (SSSR count). The van der Waals surface area contributed by atoms with Crippen LogP contribution in [-0.2, 0) is 6.61 Å². The normalized spacial score (nSPS) is 11.4. The standard InChI is InChI=1S/C7H4F3IN2O4/c8-7(9,10)17-6-4(13(15)16)1-12-3(2-14)5(6)11/h1,14H,2H2. The first kappa shape index (κ1) is 13.9. The Balaban J connectivity index is 3.35. The van der Waals surface area contributed by atoms with Crippen molar-refractivity contribution in [2.45, 2.75) is 13.0 Å². The zero-order valence-corrected chi connectivity index (χ0v) is 10.0. The van der Waals surface area contributed by atoms with Gasteiger partial charge in [-0.1, -0.05) is 0 Å². The average Bonchev–Trinajstić information content (AvgIpc) is 2.18. The fourth-order valence-corrected chi connectivity index (χ4v) is 1.65. The molecule has 0 bridgehead atoms. The van der Waals surface area contributed by atoms with Crippen LogP contribution in [0.2, 0.25) is 0 Å². The third kappa shape index (κ3) is 3.39. The predicted molar refractivity (Wildman–Crippen MR) is 56.2 cm³/mol. The van der Waals surface area contributed by atoms with E-state index in [4.69, 9.17) is 5.11 Å². The number of aliphatic hydroxyl groups is 1. The number of nitrogens with zero attached hydrogens (tertiary/aromatic N) is 2. The molecule has 6 nitrogen and oxygen atoms in total. The van der Waals surface area contributed by atoms with Crippen LogP contribution in [0.5, 0.6) is 5.75 Å². The van der Waals surface area contributed by atoms with Gasteiger partial charge in [-0.15, -0.1) is 13.2 Å². The quantitative estimate of drug-likeness (QED) is 0.504. The van der Waals surface area contributed by atoms with Crippen LogP contribution in [-0.4, -0.2) is 21.4 Å². The van der Waals surface area contributed by atoms with Crippen molar-refractivity contribution in [2.75, 3.05) is 0 Å². The fourth-order valence-electron chi connectivity index (χ4n) is 0.951. The van der Waals surface area contributed by atoms with Crippen LogP contribution in [0.15, 0.2) is 6.20 Å². The highest BCUT2D eigenvalue weighted by Gasteiger charge is 2.36. The van der Waals surface area contributed by atoms with Crippen LogP contribution in [0, 0.1) is 13.7 Å². The highest BCUT2D eigenvalue weighted by atomic mass is 127. The summed E-state index contributed by atoms with van der Waals surface area (Å²) in [6.07, 6.45) is -4.45. The zero-order valence-electron chi connectivity index (χ0n) is 7.86. The van der Waals surface area contributed by atoms with Crippen LogP contribution in [0.3, 0.4) is 0 Å². The summed E-state index contributed by atoms with van der Waals surface area (Å²) in [5, 5.41) is 19.3. The largest absolute Gasteiger partial charge is 0.573 e. The summed E-state index contributed by atoms with van der Waals surface area (Å²) in [7, 11) is 0. The molecule has 0 radical (unpaired) electrons. The molecule has 0 spiro atoms. The molecule has 0 saturated carbocycles. The van der Waals surface area contributed by atoms with E-state index in [0.717, 1.165) is 0 Å². The summed E-state index contributed by atoms with van der Waals surface area (Å²) in [5.74, 6) is -0.970. The molecule has 1 aromatic heterocycles. The molecule has 94 valence electrons. The molecule has 1 N–H and O–H groups in total. The van der Waals surface area contributed by atoms with Gasteiger partial charge in [0.2, 0.25) is 5.75 Å². The molecule has 0 unspecified atom stereocenters. The Morgan fingerprint density at radius 2 is 2.18 bits per heavy atom. The van der Waals surface area contributed by atoms with Gasteiger partial charge in [-0.3, -0.25) is 15.1 Å². The van der Waals surface area contributed by atoms with E-state index in [0.29, 0.717) is 6.20 Å². The van der Waals surface area contributed by atoms with Crippen LogP contribution in [0.1, 0.15) is 5.69 Å². The van der Waals surface area contributed by atoms with Gasteiger partial charge in [0.25, 0.3) is 0 Å². The zero-order chi connectivity index (χ0) is 13.2. The van der Waals surface area contributed by atoms with E-state index in [1.165, 1.54) is 22.6 Å². The lowest BCUT2D eigenvalue weighted by Gasteiger charge is -2.11. The van der Waals surface area contributed by atoms with Gasteiger partial charge in [-0.2, -0.15) is 0 Å². The van der Waals surface area contributed by atoms with Crippen molar-refractivity contribution in [3.8, 4) is 5.75 Å². The summed E-state index contributed by atoms with van der Waals surface area (Å²) < 4.78 is 39.5. The van der Waals surface area contributed by atoms with E-state index < -0.39 is 29.3 Å². The Kier molecular flexibility index (Phi) is 4.08. The molecule has 0 aliphatic heterocycles. The molecular weight excluding hydrogens is 360 g/mol. The highest BCUT2D eigenvalue weighted by Crippen LogP contribution is 2.36. The maximum Gasteiger partial charge on any atom is 0.573 e. The lowest BCUT2D eigenvalue weighted by Crippen LogP contribution is -2.19. The number of hydrogen-bond donors (Lipinski definition) is 1. The monoisotopic (exact) mass is 364 g/mol. The second-order valence-electron chi connectivity index (χ2n) is 2.70. The Morgan fingerprint density at radius 3 is 2.59 bits per heavy atom. The molecule has 1 heterocycles. The number of rotatable bonds is 3. The topological polar surface area (TPSA) is 85.5 Å². The summed E-state index contributed by atoms with van der Waals surface area (Å²) >= 11 is 1.39. The van der Waals surface area contributed by atoms with Crippen molar-refractivity contribution >= 4 is 28.3 Å². The van der Waals surface area contributed by atoms with Crippen molar-refractivity contribution < 1.29 is 27.9 Å². The van der Waals surface area contributed by atoms with E-state index in [1.54, 1.807) is 0 Å². The summed E-state index contributed by atoms with van der Waals surface area (Å²) in [6.45, 7) is -0.648. The van der Waals surface area contributed by atoms with Gasteiger partial charge in [0.1, 0.15) is 6.20 Å². The molecular formula is C7H4F3IN2O4. The van der Waals surface area contributed by atoms with Gasteiger partial charge in [-0.05, 0) is 22.6 Å². The third-order valence-electron chi connectivity index (χ3n) is 1.59. The molecule has 10 heteroatoms. The number of pyridine rings is 1. The maximum atomic E-state index is 12.1. The minimum Gasteiger partial charge on any atom is -0.397 e. The number of hydrogen-bond acceptors (Lipinski definition) is 5. The minimum absolute atomic E-state index is 0.129. The van der Waals surface area contributed by atoms with Gasteiger partial charge in [0, 0.05) is 0 Å². The van der Waals surface area contributed by atoms with Crippen LogP contribution in [0.25, 0.3) is 0 Å². The number of aliphatic hydroxyl groups excluding tert-OH is 1. The van der Waals surface area contributed by atoms with Crippen LogP contribution >= 0.6 is 22.6 Å². The van der Waals surface area contributed by atoms with Gasteiger partial charge >= 0.3 is 12.0 Å². The van der Waals surface area contributed by atoms with Crippen molar-refractivity contribution in [1.82, 2.24) is 4.98 Å². The Bertz CT molecular complexity index is 451. The van der Waals surface area contributed by atoms with Crippen LogP contribution < -0.4 is 4.74 Å². The Hall–Kier alpha value is -1.17. The lowest BCUT2D eigenvalue weighted by atomic mass is 10.3. The number of halogens is 4. The Labute approximate surface area is 106 Å². The molecule has 0 aliphatic carbocycles. The van der Waals surface area contributed by atoms with Gasteiger partial charge < -0.3 is 9.84 Å². The van der Waals surface area contributed by atoms with Crippen molar-refractivity contribution in [1.29, 1.82) is 0 Å². The number of aromatic nitrogens is 1. The molecule has 1 aromatic rings. The Morgan fingerprint density at radius 1 is 1.59 bits per heavy atom. The van der Waals surface area contributed by atoms with Crippen molar-refractivity contribution in [3.05, 3.63) is 25.6 Å². The molecule has 0 fully saturated rings. The second-order valence-corrected chi connectivity index (χ2v) is 3.78. The van der Waals surface area contributed by atoms with E-state index in [2.05, 4.69) is 9.72 Å². The average molecular weight is 364 g/mol. The number of ether oxygens (including phenoxy) is 1. The first-order chi connectivity index (χ1) is 7.76. The van der Waals surface area contributed by atoms with Crippen molar-refractivity contribution in [3.63, 3.8) is 0 Å². The first-order valence-corrected chi connectivity index (χ1v) is 5.02. The van der Waals surface area contributed by atoms with Crippen LogP contribution in [0.4, 0.5) is 18.9 Å². The lowest BCUT2D eigenvalue weighted by molar-refractivity contribution is -0.389. The summed E-state index contributed by atoms with van der Waals surface area (Å²) in [4.78, 5) is 12.9. The third-order valence-corrected chi connectivity index (χ3v) is 2.70. The number of alkyl halides is 3. The number of nitro groups is 1. The molecule has 0 amide bonds. The maximum absolute atomic E-state index is 12.1. The molecule has 0 atom stereocenters. The van der Waals surface area contributed by atoms with E-state index >= 15 is 0 Å². The van der Waals surface area contributed by atoms with Gasteiger partial charge in [-0.25, -0.2) is 0 Å². The molecule has 17 heavy (non-hydrogen) atoms. The van der Waals surface area contributed by atoms with Gasteiger partial charge in [0.15, 0.2) is 0 Å². The SMILES string of the molecule is O=[N+]([O-])c1cnc(CO)c(I)c1OC(F)(F)F. The highest BCUT2D eigenvalue weighted by molar-refractivity contribution is 14.1. The van der Waals surface area contributed by atoms with Crippen molar-refractivity contribution in [2.24, 2.45) is 0 Å². The van der Waals surface area contributed by atoms with E-state index in [1.807, 2.05) is 0 Å². The van der Waals surface area contributed by atoms with E-state index in [-0.39, 0.29) is 9.26 Å². The minimum atomic E-state index is -5.06. The van der Waals surface area contributed by atoms with Gasteiger partial charge in [0.05, 0.1) is 20.8 Å². The predicted octanol–water partition coefficient (Wildman–Crippen LogP) is 1.99. The molecule has 0 aliphatic rings. The molecule has 0 aromatic carbocycles. The smallest absolute Gasteiger partial charge is 0.397 e.